The smallest absolute Gasteiger partial charge is 0.338 e. The Morgan fingerprint density at radius 3 is 2.54 bits per heavy atom. The second kappa shape index (κ2) is 10.7. The van der Waals surface area contributed by atoms with Crippen molar-refractivity contribution in [1.29, 1.82) is 0 Å². The summed E-state index contributed by atoms with van der Waals surface area (Å²) < 4.78 is 16.8. The Hall–Kier alpha value is -3.72. The number of hydrogen-bond donors (Lipinski definition) is 1. The van der Waals surface area contributed by atoms with Gasteiger partial charge in [-0.15, -0.1) is 0 Å². The van der Waals surface area contributed by atoms with Crippen LogP contribution in [0.3, 0.4) is 0 Å². The first kappa shape index (κ1) is 25.0. The molecule has 1 atom stereocenters. The molecule has 5 rings (SSSR count). The van der Waals surface area contributed by atoms with E-state index in [0.717, 1.165) is 29.7 Å². The molecule has 0 spiro atoms. The van der Waals surface area contributed by atoms with E-state index in [4.69, 9.17) is 19.2 Å². The number of rotatable bonds is 9. The zero-order valence-corrected chi connectivity index (χ0v) is 21.8. The highest BCUT2D eigenvalue weighted by molar-refractivity contribution is 8.16. The van der Waals surface area contributed by atoms with Crippen molar-refractivity contribution < 1.29 is 23.8 Å². The zero-order valence-electron chi connectivity index (χ0n) is 21.0. The van der Waals surface area contributed by atoms with Gasteiger partial charge in [-0.2, -0.15) is 0 Å². The molecule has 2 aromatic rings. The van der Waals surface area contributed by atoms with Gasteiger partial charge in [-0.25, -0.2) is 9.79 Å². The summed E-state index contributed by atoms with van der Waals surface area (Å²) in [4.78, 5) is 33.0. The largest absolute Gasteiger partial charge is 0.493 e. The molecule has 8 nitrogen and oxygen atoms in total. The van der Waals surface area contributed by atoms with Gasteiger partial charge in [0.05, 0.1) is 38.0 Å². The number of nitrogens with zero attached hydrogens (tertiary/aromatic N) is 2. The van der Waals surface area contributed by atoms with Crippen LogP contribution in [0.15, 0.2) is 75.9 Å². The van der Waals surface area contributed by atoms with E-state index < -0.39 is 12.0 Å². The zero-order chi connectivity index (χ0) is 25.9. The normalized spacial score (nSPS) is 18.6. The van der Waals surface area contributed by atoms with Gasteiger partial charge in [-0.05, 0) is 48.4 Å². The van der Waals surface area contributed by atoms with Crippen LogP contribution >= 0.6 is 11.8 Å². The maximum Gasteiger partial charge on any atom is 0.338 e. The molecule has 1 unspecified atom stereocenters. The van der Waals surface area contributed by atoms with Crippen LogP contribution in [-0.4, -0.2) is 42.2 Å². The highest BCUT2D eigenvalue weighted by Gasteiger charge is 2.41. The second-order valence-electron chi connectivity index (χ2n) is 9.09. The van der Waals surface area contributed by atoms with Crippen LogP contribution in [0.5, 0.6) is 11.5 Å². The van der Waals surface area contributed by atoms with Gasteiger partial charge in [0.1, 0.15) is 6.61 Å². The number of allylic oxidation sites excluding steroid dienone is 1. The van der Waals surface area contributed by atoms with E-state index in [9.17, 15) is 9.59 Å². The van der Waals surface area contributed by atoms with E-state index in [1.54, 1.807) is 14.2 Å². The highest BCUT2D eigenvalue weighted by atomic mass is 32.2. The average Bonchev–Trinajstić information content (AvgIpc) is 3.64. The number of ether oxygens (including phenoxy) is 3. The lowest BCUT2D eigenvalue weighted by atomic mass is 9.93. The molecule has 1 amide bonds. The molecule has 0 saturated heterocycles. The number of carbonyl (C=O) groups is 2. The summed E-state index contributed by atoms with van der Waals surface area (Å²) in [6, 6.07) is 14.8. The molecule has 1 aliphatic carbocycles. The van der Waals surface area contributed by atoms with Crippen LogP contribution < -0.4 is 14.8 Å². The van der Waals surface area contributed by atoms with Crippen LogP contribution in [0.2, 0.25) is 0 Å². The van der Waals surface area contributed by atoms with Crippen molar-refractivity contribution in [2.45, 2.75) is 44.9 Å². The van der Waals surface area contributed by atoms with Crippen LogP contribution in [0.1, 0.15) is 43.4 Å². The van der Waals surface area contributed by atoms with E-state index in [0.29, 0.717) is 27.9 Å². The quantitative estimate of drug-likeness (QED) is 0.481. The van der Waals surface area contributed by atoms with Crippen LogP contribution in [0.25, 0.3) is 0 Å². The van der Waals surface area contributed by atoms with Gasteiger partial charge in [-0.3, -0.25) is 4.79 Å². The summed E-state index contributed by atoms with van der Waals surface area (Å²) in [5.41, 5.74) is 3.47. The Morgan fingerprint density at radius 1 is 1.08 bits per heavy atom. The van der Waals surface area contributed by atoms with E-state index in [1.807, 2.05) is 65.8 Å². The van der Waals surface area contributed by atoms with E-state index in [-0.39, 0.29) is 25.0 Å². The number of benzene rings is 2. The van der Waals surface area contributed by atoms with Crippen molar-refractivity contribution in [3.05, 3.63) is 82.0 Å². The summed E-state index contributed by atoms with van der Waals surface area (Å²) in [5, 5.41) is 5.70. The Labute approximate surface area is 220 Å². The third kappa shape index (κ3) is 5.36. The molecule has 2 aromatic carbocycles. The van der Waals surface area contributed by atoms with Crippen LogP contribution in [0, 0.1) is 0 Å². The molecule has 2 aliphatic heterocycles. The van der Waals surface area contributed by atoms with E-state index >= 15 is 0 Å². The number of fused-ring (bicyclic) bond motifs is 1. The fourth-order valence-electron chi connectivity index (χ4n) is 4.44. The SMILES string of the molecule is COc1ccc(C2C(C(=O)OCc3ccccc3)=C(C)N=C3SC=C(CC(=O)NC4CC4)N32)cc1OC. The average molecular weight is 520 g/mol. The van der Waals surface area contributed by atoms with Gasteiger partial charge in [0, 0.05) is 11.7 Å². The first-order valence-corrected chi connectivity index (χ1v) is 13.0. The lowest BCUT2D eigenvalue weighted by molar-refractivity contribution is -0.141. The molecule has 1 N–H and O–H groups in total. The van der Waals surface area contributed by atoms with Gasteiger partial charge in [0.2, 0.25) is 5.91 Å². The van der Waals surface area contributed by atoms with Crippen LogP contribution in [0.4, 0.5) is 0 Å². The van der Waals surface area contributed by atoms with Gasteiger partial charge >= 0.3 is 5.97 Å². The second-order valence-corrected chi connectivity index (χ2v) is 9.92. The van der Waals surface area contributed by atoms with Crippen molar-refractivity contribution >= 4 is 28.8 Å². The minimum atomic E-state index is -0.550. The molecule has 192 valence electrons. The predicted molar refractivity (Wildman–Crippen MR) is 142 cm³/mol. The van der Waals surface area contributed by atoms with Crippen LogP contribution in [-0.2, 0) is 20.9 Å². The maximum atomic E-state index is 13.6. The Bertz CT molecular complexity index is 1300. The van der Waals surface area contributed by atoms with Crippen molar-refractivity contribution in [2.24, 2.45) is 4.99 Å². The molecule has 1 fully saturated rings. The van der Waals surface area contributed by atoms with Crippen molar-refractivity contribution in [2.75, 3.05) is 14.2 Å². The molecule has 3 aliphatic rings. The molecule has 0 radical (unpaired) electrons. The maximum absolute atomic E-state index is 13.6. The number of methoxy groups -OCH3 is 2. The topological polar surface area (TPSA) is 89.5 Å². The minimum Gasteiger partial charge on any atom is -0.493 e. The van der Waals surface area contributed by atoms with Crippen molar-refractivity contribution in [3.63, 3.8) is 0 Å². The third-order valence-electron chi connectivity index (χ3n) is 6.44. The number of amidine groups is 1. The number of amides is 1. The Balaban J connectivity index is 1.50. The molecule has 37 heavy (non-hydrogen) atoms. The molecule has 0 bridgehead atoms. The summed E-state index contributed by atoms with van der Waals surface area (Å²) in [6.07, 6.45) is 2.23. The molecule has 1 saturated carbocycles. The molecule has 2 heterocycles. The van der Waals surface area contributed by atoms with Crippen molar-refractivity contribution in [3.8, 4) is 11.5 Å². The number of hydrogen-bond acceptors (Lipinski definition) is 8. The highest BCUT2D eigenvalue weighted by Crippen LogP contribution is 2.46. The standard InChI is InChI=1S/C28H29N3O5S/c1-17-25(27(33)36-15-18-7-5-4-6-8-18)26(19-9-12-22(34-2)23(13-19)35-3)31-21(16-37-28(31)29-17)14-24(32)30-20-10-11-20/h4-9,12-13,16,20,26H,10-11,14-15H2,1-3H3,(H,30,32). The summed E-state index contributed by atoms with van der Waals surface area (Å²) in [6.45, 7) is 1.96. The Morgan fingerprint density at radius 2 is 1.84 bits per heavy atom. The van der Waals surface area contributed by atoms with Gasteiger partial charge in [0.25, 0.3) is 0 Å². The predicted octanol–water partition coefficient (Wildman–Crippen LogP) is 4.69. The summed E-state index contributed by atoms with van der Waals surface area (Å²) >= 11 is 1.45. The van der Waals surface area contributed by atoms with Gasteiger partial charge < -0.3 is 24.4 Å². The fourth-order valence-corrected chi connectivity index (χ4v) is 5.41. The number of nitrogens with one attached hydrogen (secondary N) is 1. The molecular weight excluding hydrogens is 490 g/mol. The number of thioether (sulfide) groups is 1. The lowest BCUT2D eigenvalue weighted by Gasteiger charge is -2.36. The van der Waals surface area contributed by atoms with E-state index in [1.165, 1.54) is 11.8 Å². The van der Waals surface area contributed by atoms with Gasteiger partial charge in [0.15, 0.2) is 16.7 Å². The first-order chi connectivity index (χ1) is 18.0. The minimum absolute atomic E-state index is 0.0406. The first-order valence-electron chi connectivity index (χ1n) is 12.1. The van der Waals surface area contributed by atoms with Gasteiger partial charge in [-0.1, -0.05) is 48.2 Å². The summed E-state index contributed by atoms with van der Waals surface area (Å²) in [7, 11) is 3.15. The molecule has 0 aromatic heterocycles. The number of aliphatic imine (C=N–C) groups is 1. The lowest BCUT2D eigenvalue weighted by Crippen LogP contribution is -2.38. The number of esters is 1. The summed E-state index contributed by atoms with van der Waals surface area (Å²) in [5.74, 6) is 0.631. The number of carbonyl (C=O) groups excluding carboxylic acids is 2. The molecule has 9 heteroatoms. The molecular formula is C28H29N3O5S. The Kier molecular flexibility index (Phi) is 7.23. The van der Waals surface area contributed by atoms with E-state index in [2.05, 4.69) is 5.32 Å². The van der Waals surface area contributed by atoms with Crippen molar-refractivity contribution in [1.82, 2.24) is 10.2 Å². The monoisotopic (exact) mass is 519 g/mol. The third-order valence-corrected chi connectivity index (χ3v) is 7.33. The fraction of sp³-hybridized carbons (Fsp3) is 0.321.